The largest absolute Gasteiger partial charge is 0.462 e. The summed E-state index contributed by atoms with van der Waals surface area (Å²) in [6.45, 7) is 6.56. The first-order valence-electron chi connectivity index (χ1n) is 26.6. The van der Waals surface area contributed by atoms with Gasteiger partial charge in [0.2, 0.25) is 0 Å². The maximum atomic E-state index is 12.8. The predicted octanol–water partition coefficient (Wildman–Crippen LogP) is 17.5. The van der Waals surface area contributed by atoms with Crippen LogP contribution in [0.25, 0.3) is 0 Å². The summed E-state index contributed by atoms with van der Waals surface area (Å²) in [7, 11) is 0. The smallest absolute Gasteiger partial charge is 0.306 e. The third-order valence-corrected chi connectivity index (χ3v) is 11.5. The number of allylic oxidation sites excluding steroid dienone is 8. The van der Waals surface area contributed by atoms with Gasteiger partial charge < -0.3 is 14.2 Å². The van der Waals surface area contributed by atoms with Gasteiger partial charge in [-0.15, -0.1) is 0 Å². The second-order valence-corrected chi connectivity index (χ2v) is 17.8. The Morgan fingerprint density at radius 3 is 0.984 bits per heavy atom. The molecule has 0 N–H and O–H groups in total. The van der Waals surface area contributed by atoms with E-state index >= 15 is 0 Å². The number of carbonyl (C=O) groups excluding carboxylic acids is 3. The Hall–Kier alpha value is -2.63. The minimum absolute atomic E-state index is 0.0829. The minimum Gasteiger partial charge on any atom is -0.462 e. The summed E-state index contributed by atoms with van der Waals surface area (Å²) in [5, 5.41) is 0. The first kappa shape index (κ1) is 59.4. The Bertz CT molecular complexity index is 1090. The lowest BCUT2D eigenvalue weighted by molar-refractivity contribution is -0.167. The first-order valence-corrected chi connectivity index (χ1v) is 26.6. The van der Waals surface area contributed by atoms with Crippen molar-refractivity contribution in [2.24, 2.45) is 0 Å². The van der Waals surface area contributed by atoms with E-state index in [-0.39, 0.29) is 31.1 Å². The summed E-state index contributed by atoms with van der Waals surface area (Å²) in [4.78, 5) is 38.0. The van der Waals surface area contributed by atoms with Crippen molar-refractivity contribution >= 4 is 17.9 Å². The number of esters is 3. The maximum Gasteiger partial charge on any atom is 0.306 e. The fourth-order valence-corrected chi connectivity index (χ4v) is 7.45. The van der Waals surface area contributed by atoms with E-state index in [0.717, 1.165) is 89.9 Å². The van der Waals surface area contributed by atoms with Gasteiger partial charge in [-0.3, -0.25) is 14.4 Å². The second kappa shape index (κ2) is 51.0. The van der Waals surface area contributed by atoms with Gasteiger partial charge in [0.25, 0.3) is 0 Å². The van der Waals surface area contributed by atoms with Crippen molar-refractivity contribution in [2.75, 3.05) is 13.2 Å². The summed E-state index contributed by atoms with van der Waals surface area (Å²) in [5.74, 6) is -0.904. The number of hydrogen-bond donors (Lipinski definition) is 0. The van der Waals surface area contributed by atoms with Crippen LogP contribution in [0.4, 0.5) is 0 Å². The number of hydrogen-bond acceptors (Lipinski definition) is 6. The monoisotopic (exact) mass is 869 g/mol. The van der Waals surface area contributed by atoms with Gasteiger partial charge in [-0.2, -0.15) is 0 Å². The van der Waals surface area contributed by atoms with Crippen molar-refractivity contribution in [3.05, 3.63) is 48.6 Å². The molecule has 0 heterocycles. The first-order chi connectivity index (χ1) is 30.5. The molecule has 0 aliphatic heterocycles. The van der Waals surface area contributed by atoms with E-state index in [9.17, 15) is 14.4 Å². The molecule has 0 aromatic rings. The Morgan fingerprint density at radius 1 is 0.323 bits per heavy atom. The summed E-state index contributed by atoms with van der Waals surface area (Å²) < 4.78 is 16.8. The normalized spacial score (nSPS) is 12.4. The Balaban J connectivity index is 4.36. The van der Waals surface area contributed by atoms with Crippen LogP contribution in [0.15, 0.2) is 48.6 Å². The molecule has 0 rings (SSSR count). The Kier molecular flexibility index (Phi) is 48.8. The molecule has 0 aliphatic rings. The molecule has 0 aromatic carbocycles. The van der Waals surface area contributed by atoms with Crippen LogP contribution in [0.2, 0.25) is 0 Å². The average Bonchev–Trinajstić information content (AvgIpc) is 3.27. The standard InChI is InChI=1S/C56H100O6/c1-4-7-10-13-16-19-22-24-26-27-28-30-31-34-37-40-43-46-49-55(58)61-52-53(51-60-54(57)48-45-42-39-36-33-21-18-15-12-9-6-3)62-56(59)50-47-44-41-38-35-32-29-25-23-20-17-14-11-8-5-2/h15,17-18,20,25-27,29,53H,4-14,16,19,21-24,28,30-52H2,1-3H3/b18-15-,20-17-,27-26-,29-25-. The van der Waals surface area contributed by atoms with Gasteiger partial charge in [0.1, 0.15) is 13.2 Å². The van der Waals surface area contributed by atoms with Crippen LogP contribution in [-0.4, -0.2) is 37.2 Å². The highest BCUT2D eigenvalue weighted by atomic mass is 16.6. The van der Waals surface area contributed by atoms with Crippen LogP contribution in [0.1, 0.15) is 271 Å². The highest BCUT2D eigenvalue weighted by molar-refractivity contribution is 5.71. The lowest BCUT2D eigenvalue weighted by Gasteiger charge is -2.18. The zero-order chi connectivity index (χ0) is 45.1. The van der Waals surface area contributed by atoms with Gasteiger partial charge in [-0.25, -0.2) is 0 Å². The van der Waals surface area contributed by atoms with E-state index in [2.05, 4.69) is 69.4 Å². The third kappa shape index (κ3) is 48.4. The summed E-state index contributed by atoms with van der Waals surface area (Å²) >= 11 is 0. The summed E-state index contributed by atoms with van der Waals surface area (Å²) in [6, 6.07) is 0. The third-order valence-electron chi connectivity index (χ3n) is 11.5. The zero-order valence-corrected chi connectivity index (χ0v) is 41.1. The molecule has 0 aliphatic carbocycles. The molecule has 0 spiro atoms. The number of ether oxygens (including phenoxy) is 3. The molecule has 62 heavy (non-hydrogen) atoms. The van der Waals surface area contributed by atoms with Gasteiger partial charge in [-0.05, 0) is 96.3 Å². The molecule has 1 unspecified atom stereocenters. The lowest BCUT2D eigenvalue weighted by atomic mass is 10.1. The topological polar surface area (TPSA) is 78.9 Å². The molecule has 0 radical (unpaired) electrons. The van der Waals surface area contributed by atoms with Crippen LogP contribution in [-0.2, 0) is 28.6 Å². The van der Waals surface area contributed by atoms with Crippen molar-refractivity contribution in [1.29, 1.82) is 0 Å². The number of rotatable bonds is 48. The number of carbonyl (C=O) groups is 3. The number of unbranched alkanes of at least 4 members (excludes halogenated alkanes) is 29. The summed E-state index contributed by atoms with van der Waals surface area (Å²) in [6.07, 6.45) is 60.9. The van der Waals surface area contributed by atoms with Gasteiger partial charge in [0, 0.05) is 19.3 Å². The van der Waals surface area contributed by atoms with Crippen LogP contribution in [0.3, 0.4) is 0 Å². The molecule has 0 fully saturated rings. The van der Waals surface area contributed by atoms with E-state index in [4.69, 9.17) is 14.2 Å². The van der Waals surface area contributed by atoms with E-state index < -0.39 is 6.10 Å². The molecule has 0 bridgehead atoms. The molecular weight excluding hydrogens is 769 g/mol. The summed E-state index contributed by atoms with van der Waals surface area (Å²) in [5.41, 5.74) is 0. The fraction of sp³-hybridized carbons (Fsp3) is 0.804. The molecule has 0 aromatic heterocycles. The molecule has 360 valence electrons. The van der Waals surface area contributed by atoms with Gasteiger partial charge in [-0.1, -0.05) is 204 Å². The average molecular weight is 869 g/mol. The van der Waals surface area contributed by atoms with Gasteiger partial charge in [0.05, 0.1) is 0 Å². The molecule has 6 nitrogen and oxygen atoms in total. The van der Waals surface area contributed by atoms with Gasteiger partial charge in [0.15, 0.2) is 6.10 Å². The maximum absolute atomic E-state index is 12.8. The highest BCUT2D eigenvalue weighted by Gasteiger charge is 2.19. The van der Waals surface area contributed by atoms with Gasteiger partial charge >= 0.3 is 17.9 Å². The van der Waals surface area contributed by atoms with Crippen LogP contribution < -0.4 is 0 Å². The van der Waals surface area contributed by atoms with Crippen LogP contribution in [0.5, 0.6) is 0 Å². The molecular formula is C56H100O6. The van der Waals surface area contributed by atoms with E-state index in [1.807, 2.05) is 0 Å². The van der Waals surface area contributed by atoms with E-state index in [0.29, 0.717) is 19.3 Å². The van der Waals surface area contributed by atoms with Crippen molar-refractivity contribution in [2.45, 2.75) is 277 Å². The zero-order valence-electron chi connectivity index (χ0n) is 41.1. The van der Waals surface area contributed by atoms with Crippen LogP contribution >= 0.6 is 0 Å². The Labute approximate surface area is 384 Å². The highest BCUT2D eigenvalue weighted by Crippen LogP contribution is 2.14. The van der Waals surface area contributed by atoms with Crippen molar-refractivity contribution in [3.8, 4) is 0 Å². The molecule has 6 heteroatoms. The quantitative estimate of drug-likeness (QED) is 0.0262. The minimum atomic E-state index is -0.783. The van der Waals surface area contributed by atoms with Crippen molar-refractivity contribution < 1.29 is 28.6 Å². The SMILES string of the molecule is CCCC/C=C\CCCCCCCC(=O)OCC(COC(=O)CCCCCCCCC/C=C\CCCCCCCCC)OC(=O)CCCCCCC/C=C\C/C=C\CCCCC. The van der Waals surface area contributed by atoms with Crippen LogP contribution in [0, 0.1) is 0 Å². The predicted molar refractivity (Wildman–Crippen MR) is 265 cm³/mol. The van der Waals surface area contributed by atoms with E-state index in [1.165, 1.54) is 141 Å². The van der Waals surface area contributed by atoms with Crippen molar-refractivity contribution in [3.63, 3.8) is 0 Å². The van der Waals surface area contributed by atoms with Crippen molar-refractivity contribution in [1.82, 2.24) is 0 Å². The lowest BCUT2D eigenvalue weighted by Crippen LogP contribution is -2.30. The second-order valence-electron chi connectivity index (χ2n) is 17.8. The fourth-order valence-electron chi connectivity index (χ4n) is 7.45. The molecule has 0 saturated carbocycles. The molecule has 1 atom stereocenters. The Morgan fingerprint density at radius 2 is 0.597 bits per heavy atom. The molecule has 0 amide bonds. The molecule has 0 saturated heterocycles. The van der Waals surface area contributed by atoms with E-state index in [1.54, 1.807) is 0 Å².